The summed E-state index contributed by atoms with van der Waals surface area (Å²) in [5, 5.41) is 0. The number of hydrogen-bond donors (Lipinski definition) is 2. The summed E-state index contributed by atoms with van der Waals surface area (Å²) in [7, 11) is 3.31. The fraction of sp³-hybridized carbons (Fsp3) is 0.143. The van der Waals surface area contributed by atoms with Crippen molar-refractivity contribution in [2.24, 2.45) is 0 Å². The van der Waals surface area contributed by atoms with Crippen LogP contribution in [0.4, 0.5) is 11.4 Å². The molecule has 4 nitrogen and oxygen atoms in total. The summed E-state index contributed by atoms with van der Waals surface area (Å²) in [6.45, 7) is 2.14. The smallest absolute Gasteiger partial charge is 0.119 e. The highest BCUT2D eigenvalue weighted by Gasteiger charge is 2.35. The van der Waals surface area contributed by atoms with Gasteiger partial charge < -0.3 is 20.9 Å². The molecule has 0 spiro atoms. The molecule has 0 aliphatic carbocycles. The van der Waals surface area contributed by atoms with Crippen LogP contribution in [-0.2, 0) is 5.41 Å². The number of rotatable bonds is 6. The maximum Gasteiger partial charge on any atom is 0.119 e. The van der Waals surface area contributed by atoms with E-state index in [0.717, 1.165) is 33.8 Å². The maximum absolute atomic E-state index is 6.52. The van der Waals surface area contributed by atoms with Gasteiger partial charge in [0, 0.05) is 16.8 Å². The summed E-state index contributed by atoms with van der Waals surface area (Å²) >= 11 is 0. The lowest BCUT2D eigenvalue weighted by atomic mass is 9.69. The number of ether oxygens (including phenoxy) is 2. The van der Waals surface area contributed by atoms with Crippen molar-refractivity contribution in [1.29, 1.82) is 0 Å². The third-order valence-electron chi connectivity index (χ3n) is 6.17. The third-order valence-corrected chi connectivity index (χ3v) is 6.17. The highest BCUT2D eigenvalue weighted by Crippen LogP contribution is 2.46. The minimum Gasteiger partial charge on any atom is -0.497 e. The summed E-state index contributed by atoms with van der Waals surface area (Å²) in [6.07, 6.45) is 0. The standard InChI is InChI=1S/C28H28N2O2/c1-28(24-17-22(31-2)13-15-26(24)29,25-18-23(32-3)14-16-27(25)30)21-11-9-20(10-12-21)19-7-5-4-6-8-19/h4-18H,29-30H2,1-3H3. The van der Waals surface area contributed by atoms with Gasteiger partial charge in [-0.05, 0) is 71.1 Å². The van der Waals surface area contributed by atoms with Crippen LogP contribution in [0.3, 0.4) is 0 Å². The zero-order chi connectivity index (χ0) is 22.7. The first kappa shape index (κ1) is 21.3. The Morgan fingerprint density at radius 2 is 1.06 bits per heavy atom. The Bertz CT molecular complexity index is 1160. The molecule has 0 bridgehead atoms. The van der Waals surface area contributed by atoms with Crippen molar-refractivity contribution in [1.82, 2.24) is 0 Å². The van der Waals surface area contributed by atoms with Crippen LogP contribution < -0.4 is 20.9 Å². The molecule has 0 saturated heterocycles. The minimum absolute atomic E-state index is 0.632. The van der Waals surface area contributed by atoms with E-state index < -0.39 is 5.41 Å². The summed E-state index contributed by atoms with van der Waals surface area (Å²) in [4.78, 5) is 0. The molecule has 0 amide bonds. The van der Waals surface area contributed by atoms with Gasteiger partial charge in [-0.3, -0.25) is 0 Å². The van der Waals surface area contributed by atoms with E-state index in [4.69, 9.17) is 20.9 Å². The summed E-state index contributed by atoms with van der Waals surface area (Å²) in [6, 6.07) is 30.3. The van der Waals surface area contributed by atoms with Gasteiger partial charge in [-0.1, -0.05) is 54.6 Å². The molecule has 4 aromatic carbocycles. The SMILES string of the molecule is COc1ccc(N)c(C(C)(c2ccc(-c3ccccc3)cc2)c2cc(OC)ccc2N)c1. The zero-order valence-corrected chi connectivity index (χ0v) is 18.6. The molecule has 0 radical (unpaired) electrons. The van der Waals surface area contributed by atoms with Crippen LogP contribution in [0.25, 0.3) is 11.1 Å². The van der Waals surface area contributed by atoms with Crippen molar-refractivity contribution in [3.05, 3.63) is 108 Å². The summed E-state index contributed by atoms with van der Waals surface area (Å²) in [5.41, 5.74) is 19.0. The van der Waals surface area contributed by atoms with E-state index in [0.29, 0.717) is 11.4 Å². The van der Waals surface area contributed by atoms with Crippen molar-refractivity contribution in [2.75, 3.05) is 25.7 Å². The zero-order valence-electron chi connectivity index (χ0n) is 18.6. The Kier molecular flexibility index (Phi) is 5.78. The second-order valence-corrected chi connectivity index (χ2v) is 7.97. The van der Waals surface area contributed by atoms with Gasteiger partial charge in [-0.15, -0.1) is 0 Å². The molecule has 0 aliphatic heterocycles. The summed E-state index contributed by atoms with van der Waals surface area (Å²) < 4.78 is 11.0. The van der Waals surface area contributed by atoms with Gasteiger partial charge >= 0.3 is 0 Å². The lowest BCUT2D eigenvalue weighted by Gasteiger charge is -2.34. The quantitative estimate of drug-likeness (QED) is 0.299. The molecule has 0 fully saturated rings. The van der Waals surface area contributed by atoms with Gasteiger partial charge in [-0.25, -0.2) is 0 Å². The fourth-order valence-electron chi connectivity index (χ4n) is 4.27. The van der Waals surface area contributed by atoms with Crippen LogP contribution in [0.2, 0.25) is 0 Å². The van der Waals surface area contributed by atoms with Crippen LogP contribution in [0.1, 0.15) is 23.6 Å². The maximum atomic E-state index is 6.52. The van der Waals surface area contributed by atoms with Gasteiger partial charge in [0.25, 0.3) is 0 Å². The molecule has 4 N–H and O–H groups in total. The van der Waals surface area contributed by atoms with Gasteiger partial charge in [0.1, 0.15) is 11.5 Å². The summed E-state index contributed by atoms with van der Waals surface area (Å²) in [5.74, 6) is 1.48. The lowest BCUT2D eigenvalue weighted by Crippen LogP contribution is -2.28. The minimum atomic E-state index is -0.632. The van der Waals surface area contributed by atoms with E-state index in [1.165, 1.54) is 5.56 Å². The molecular formula is C28H28N2O2. The van der Waals surface area contributed by atoms with E-state index in [-0.39, 0.29) is 0 Å². The molecule has 32 heavy (non-hydrogen) atoms. The molecular weight excluding hydrogens is 396 g/mol. The highest BCUT2D eigenvalue weighted by molar-refractivity contribution is 5.70. The largest absolute Gasteiger partial charge is 0.497 e. The van der Waals surface area contributed by atoms with Crippen LogP contribution in [-0.4, -0.2) is 14.2 Å². The van der Waals surface area contributed by atoms with Crippen molar-refractivity contribution in [3.63, 3.8) is 0 Å². The van der Waals surface area contributed by atoms with E-state index in [9.17, 15) is 0 Å². The predicted molar refractivity (Wildman–Crippen MR) is 132 cm³/mol. The molecule has 0 saturated carbocycles. The fourth-order valence-corrected chi connectivity index (χ4v) is 4.27. The van der Waals surface area contributed by atoms with Gasteiger partial charge in [-0.2, -0.15) is 0 Å². The third kappa shape index (κ3) is 3.76. The molecule has 0 aliphatic rings. The predicted octanol–water partition coefficient (Wildman–Crippen LogP) is 5.89. The first-order chi connectivity index (χ1) is 15.5. The average molecular weight is 425 g/mol. The van der Waals surface area contributed by atoms with Gasteiger partial charge in [0.2, 0.25) is 0 Å². The van der Waals surface area contributed by atoms with Gasteiger partial charge in [0.15, 0.2) is 0 Å². The Hall–Kier alpha value is -3.92. The van der Waals surface area contributed by atoms with Crippen molar-refractivity contribution in [3.8, 4) is 22.6 Å². The number of benzene rings is 4. The first-order valence-electron chi connectivity index (χ1n) is 10.5. The molecule has 0 heterocycles. The monoisotopic (exact) mass is 424 g/mol. The number of nitrogens with two attached hydrogens (primary N) is 2. The molecule has 0 unspecified atom stereocenters. The highest BCUT2D eigenvalue weighted by atomic mass is 16.5. The van der Waals surface area contributed by atoms with Gasteiger partial charge in [0.05, 0.1) is 14.2 Å². The van der Waals surface area contributed by atoms with Crippen molar-refractivity contribution >= 4 is 11.4 Å². The van der Waals surface area contributed by atoms with Crippen LogP contribution in [0, 0.1) is 0 Å². The molecule has 0 atom stereocenters. The van der Waals surface area contributed by atoms with E-state index >= 15 is 0 Å². The average Bonchev–Trinajstić information content (AvgIpc) is 2.85. The number of methoxy groups -OCH3 is 2. The molecule has 162 valence electrons. The lowest BCUT2D eigenvalue weighted by molar-refractivity contribution is 0.412. The molecule has 4 rings (SSSR count). The van der Waals surface area contributed by atoms with Crippen molar-refractivity contribution < 1.29 is 9.47 Å². The Balaban J connectivity index is 1.95. The van der Waals surface area contributed by atoms with E-state index in [1.807, 2.05) is 54.6 Å². The number of nitrogen functional groups attached to an aromatic ring is 2. The van der Waals surface area contributed by atoms with E-state index in [2.05, 4.69) is 43.3 Å². The normalized spacial score (nSPS) is 11.2. The van der Waals surface area contributed by atoms with Crippen LogP contribution in [0.15, 0.2) is 91.0 Å². The second-order valence-electron chi connectivity index (χ2n) is 7.97. The molecule has 0 aromatic heterocycles. The molecule has 4 heteroatoms. The number of anilines is 2. The topological polar surface area (TPSA) is 70.5 Å². The molecule has 4 aromatic rings. The Labute approximate surface area is 189 Å². The Morgan fingerprint density at radius 3 is 1.53 bits per heavy atom. The second kappa shape index (κ2) is 8.67. The van der Waals surface area contributed by atoms with Crippen LogP contribution >= 0.6 is 0 Å². The number of hydrogen-bond acceptors (Lipinski definition) is 4. The van der Waals surface area contributed by atoms with E-state index in [1.54, 1.807) is 14.2 Å². The van der Waals surface area contributed by atoms with Crippen molar-refractivity contribution in [2.45, 2.75) is 12.3 Å². The first-order valence-corrected chi connectivity index (χ1v) is 10.5. The van der Waals surface area contributed by atoms with Crippen LogP contribution in [0.5, 0.6) is 11.5 Å². The Morgan fingerprint density at radius 1 is 0.594 bits per heavy atom.